The van der Waals surface area contributed by atoms with E-state index in [2.05, 4.69) is 4.98 Å². The van der Waals surface area contributed by atoms with Crippen LogP contribution in [0.15, 0.2) is 30.3 Å². The fourth-order valence-corrected chi connectivity index (χ4v) is 1.58. The highest BCUT2D eigenvalue weighted by molar-refractivity contribution is 6.30. The van der Waals surface area contributed by atoms with Crippen molar-refractivity contribution in [3.63, 3.8) is 0 Å². The molecular formula is C12H5ClF2N2. The highest BCUT2D eigenvalue weighted by Gasteiger charge is 2.07. The summed E-state index contributed by atoms with van der Waals surface area (Å²) in [6.45, 7) is 0. The molecule has 0 amide bonds. The van der Waals surface area contributed by atoms with Crippen LogP contribution in [0.4, 0.5) is 8.78 Å². The van der Waals surface area contributed by atoms with E-state index in [1.165, 1.54) is 12.1 Å². The summed E-state index contributed by atoms with van der Waals surface area (Å²) in [6, 6.07) is 7.86. The second kappa shape index (κ2) is 4.48. The Hall–Kier alpha value is -1.99. The summed E-state index contributed by atoms with van der Waals surface area (Å²) in [6.07, 6.45) is 0. The van der Waals surface area contributed by atoms with Crippen molar-refractivity contribution in [2.24, 2.45) is 0 Å². The third-order valence-electron chi connectivity index (χ3n) is 2.13. The summed E-state index contributed by atoms with van der Waals surface area (Å²) in [5.74, 6) is -1.38. The number of nitrogens with zero attached hydrogens (tertiary/aromatic N) is 2. The Kier molecular flexibility index (Phi) is 3.03. The number of pyridine rings is 1. The largest absolute Gasteiger partial charge is 0.235 e. The van der Waals surface area contributed by atoms with Gasteiger partial charge in [-0.3, -0.25) is 0 Å². The minimum Gasteiger partial charge on any atom is -0.235 e. The minimum atomic E-state index is -0.692. The predicted octanol–water partition coefficient (Wildman–Crippen LogP) is 3.55. The molecule has 0 bridgehead atoms. The Labute approximate surface area is 101 Å². The van der Waals surface area contributed by atoms with Gasteiger partial charge in [0.1, 0.15) is 22.9 Å². The molecule has 2 aromatic rings. The summed E-state index contributed by atoms with van der Waals surface area (Å²) in [4.78, 5) is 3.91. The van der Waals surface area contributed by atoms with Crippen molar-refractivity contribution < 1.29 is 8.78 Å². The van der Waals surface area contributed by atoms with Crippen LogP contribution in [-0.2, 0) is 0 Å². The molecule has 5 heteroatoms. The van der Waals surface area contributed by atoms with E-state index < -0.39 is 11.6 Å². The third-order valence-corrected chi connectivity index (χ3v) is 2.42. The number of benzene rings is 1. The maximum Gasteiger partial charge on any atom is 0.147 e. The number of halogens is 3. The zero-order chi connectivity index (χ0) is 12.4. The van der Waals surface area contributed by atoms with Crippen LogP contribution < -0.4 is 0 Å². The highest BCUT2D eigenvalue weighted by Crippen LogP contribution is 2.23. The maximum atomic E-state index is 13.0. The first kappa shape index (κ1) is 11.5. The number of rotatable bonds is 1. The second-order valence-electron chi connectivity index (χ2n) is 3.30. The van der Waals surface area contributed by atoms with Gasteiger partial charge in [-0.05, 0) is 24.3 Å². The number of aromatic nitrogens is 1. The van der Waals surface area contributed by atoms with Gasteiger partial charge in [0.25, 0.3) is 0 Å². The van der Waals surface area contributed by atoms with E-state index >= 15 is 0 Å². The van der Waals surface area contributed by atoms with E-state index in [9.17, 15) is 8.78 Å². The van der Waals surface area contributed by atoms with Gasteiger partial charge in [-0.15, -0.1) is 0 Å². The van der Waals surface area contributed by atoms with Gasteiger partial charge in [0.15, 0.2) is 0 Å². The van der Waals surface area contributed by atoms with E-state index in [0.717, 1.165) is 18.2 Å². The Bertz CT molecular complexity index is 600. The van der Waals surface area contributed by atoms with Crippen molar-refractivity contribution in [3.8, 4) is 17.3 Å². The first-order chi connectivity index (χ1) is 8.10. The van der Waals surface area contributed by atoms with Gasteiger partial charge in [-0.1, -0.05) is 11.6 Å². The van der Waals surface area contributed by atoms with Crippen LogP contribution in [0.3, 0.4) is 0 Å². The van der Waals surface area contributed by atoms with Gasteiger partial charge in [0, 0.05) is 11.6 Å². The molecule has 0 fully saturated rings. The molecule has 0 aliphatic heterocycles. The Morgan fingerprint density at radius 1 is 1.12 bits per heavy atom. The molecule has 0 radical (unpaired) electrons. The first-order valence-electron chi connectivity index (χ1n) is 4.63. The molecule has 0 unspecified atom stereocenters. The van der Waals surface area contributed by atoms with Gasteiger partial charge in [0.05, 0.1) is 11.3 Å². The molecule has 0 aliphatic rings. The van der Waals surface area contributed by atoms with Crippen molar-refractivity contribution in [1.82, 2.24) is 4.98 Å². The second-order valence-corrected chi connectivity index (χ2v) is 3.66. The smallest absolute Gasteiger partial charge is 0.147 e. The average molecular weight is 251 g/mol. The lowest BCUT2D eigenvalue weighted by Crippen LogP contribution is -1.89. The third kappa shape index (κ3) is 2.40. The van der Waals surface area contributed by atoms with E-state index in [4.69, 9.17) is 16.9 Å². The van der Waals surface area contributed by atoms with Crippen LogP contribution in [0.25, 0.3) is 11.3 Å². The number of hydrogen-bond donors (Lipinski definition) is 0. The molecule has 0 spiro atoms. The molecule has 84 valence electrons. The topological polar surface area (TPSA) is 36.7 Å². The number of nitriles is 1. The van der Waals surface area contributed by atoms with Gasteiger partial charge < -0.3 is 0 Å². The average Bonchev–Trinajstić information content (AvgIpc) is 2.27. The van der Waals surface area contributed by atoms with Gasteiger partial charge in [-0.2, -0.15) is 5.26 Å². The molecule has 1 aromatic heterocycles. The molecular weight excluding hydrogens is 246 g/mol. The van der Waals surface area contributed by atoms with Crippen molar-refractivity contribution in [2.45, 2.75) is 0 Å². The minimum absolute atomic E-state index is 0.00895. The van der Waals surface area contributed by atoms with Crippen LogP contribution in [0.5, 0.6) is 0 Å². The van der Waals surface area contributed by atoms with E-state index in [-0.39, 0.29) is 16.3 Å². The van der Waals surface area contributed by atoms with E-state index in [1.807, 2.05) is 6.07 Å². The van der Waals surface area contributed by atoms with Crippen LogP contribution in [0.1, 0.15) is 5.56 Å². The van der Waals surface area contributed by atoms with Crippen LogP contribution in [0, 0.1) is 23.0 Å². The molecule has 17 heavy (non-hydrogen) atoms. The zero-order valence-electron chi connectivity index (χ0n) is 8.42. The molecule has 0 saturated carbocycles. The lowest BCUT2D eigenvalue weighted by molar-refractivity contribution is 0.584. The van der Waals surface area contributed by atoms with E-state index in [0.29, 0.717) is 5.69 Å². The first-order valence-corrected chi connectivity index (χ1v) is 5.01. The fourth-order valence-electron chi connectivity index (χ4n) is 1.38. The van der Waals surface area contributed by atoms with Crippen LogP contribution in [0.2, 0.25) is 5.15 Å². The monoisotopic (exact) mass is 250 g/mol. The van der Waals surface area contributed by atoms with Gasteiger partial charge in [0.2, 0.25) is 0 Å². The summed E-state index contributed by atoms with van der Waals surface area (Å²) in [5, 5.41) is 8.68. The lowest BCUT2D eigenvalue weighted by Gasteiger charge is -2.03. The SMILES string of the molecule is N#Cc1ccc(-c2cc(F)cc(F)c2)nc1Cl. The quantitative estimate of drug-likeness (QED) is 0.726. The molecule has 1 aromatic carbocycles. The molecule has 2 rings (SSSR count). The van der Waals surface area contributed by atoms with Crippen molar-refractivity contribution in [2.75, 3.05) is 0 Å². The molecule has 0 saturated heterocycles. The van der Waals surface area contributed by atoms with Crippen molar-refractivity contribution in [3.05, 3.63) is 52.7 Å². The maximum absolute atomic E-state index is 13.0. The summed E-state index contributed by atoms with van der Waals surface area (Å²) >= 11 is 5.74. The molecule has 1 heterocycles. The Morgan fingerprint density at radius 3 is 2.29 bits per heavy atom. The summed E-state index contributed by atoms with van der Waals surface area (Å²) < 4.78 is 26.0. The van der Waals surface area contributed by atoms with E-state index in [1.54, 1.807) is 0 Å². The summed E-state index contributed by atoms with van der Waals surface area (Å²) in [5.41, 5.74) is 0.800. The van der Waals surface area contributed by atoms with Crippen molar-refractivity contribution >= 4 is 11.6 Å². The van der Waals surface area contributed by atoms with Gasteiger partial charge in [-0.25, -0.2) is 13.8 Å². The lowest BCUT2D eigenvalue weighted by atomic mass is 10.1. The zero-order valence-corrected chi connectivity index (χ0v) is 9.17. The van der Waals surface area contributed by atoms with Gasteiger partial charge >= 0.3 is 0 Å². The molecule has 0 N–H and O–H groups in total. The molecule has 0 aliphatic carbocycles. The highest BCUT2D eigenvalue weighted by atomic mass is 35.5. The summed E-state index contributed by atoms with van der Waals surface area (Å²) in [7, 11) is 0. The normalized spacial score (nSPS) is 10.0. The predicted molar refractivity (Wildman–Crippen MR) is 59.3 cm³/mol. The Balaban J connectivity index is 2.54. The Morgan fingerprint density at radius 2 is 1.76 bits per heavy atom. The van der Waals surface area contributed by atoms with Crippen LogP contribution in [-0.4, -0.2) is 4.98 Å². The molecule has 2 nitrogen and oxygen atoms in total. The molecule has 0 atom stereocenters. The standard InChI is InChI=1S/C12H5ClF2N2/c13-12-7(6-16)1-2-11(17-12)8-3-9(14)5-10(15)4-8/h1-5H. The fraction of sp³-hybridized carbons (Fsp3) is 0. The van der Waals surface area contributed by atoms with Crippen LogP contribution >= 0.6 is 11.6 Å². The van der Waals surface area contributed by atoms with Crippen molar-refractivity contribution in [1.29, 1.82) is 5.26 Å². The number of hydrogen-bond acceptors (Lipinski definition) is 2.